The number of halogens is 1. The third kappa shape index (κ3) is 5.70. The second-order valence-electron chi connectivity index (χ2n) is 6.57. The number of benzene rings is 3. The van der Waals surface area contributed by atoms with Crippen LogP contribution in [-0.4, -0.2) is 17.8 Å². The average Bonchev–Trinajstić information content (AvgIpc) is 2.66. The third-order valence-corrected chi connectivity index (χ3v) is 4.49. The maximum absolute atomic E-state index is 9.62. The van der Waals surface area contributed by atoms with Gasteiger partial charge in [0.2, 0.25) is 0 Å². The molecule has 0 aliphatic heterocycles. The molecule has 2 atom stereocenters. The molecule has 0 aromatic heterocycles. The van der Waals surface area contributed by atoms with Crippen LogP contribution in [0.2, 0.25) is 0 Å². The molecule has 26 heavy (non-hydrogen) atoms. The molecule has 3 aromatic rings. The van der Waals surface area contributed by atoms with Crippen molar-refractivity contribution in [2.24, 2.45) is 11.7 Å². The van der Waals surface area contributed by atoms with Crippen molar-refractivity contribution in [1.29, 1.82) is 0 Å². The van der Waals surface area contributed by atoms with E-state index in [-0.39, 0.29) is 31.0 Å². The van der Waals surface area contributed by atoms with Crippen molar-refractivity contribution in [3.05, 3.63) is 96.1 Å². The van der Waals surface area contributed by atoms with Crippen LogP contribution in [-0.2, 0) is 12.8 Å². The summed E-state index contributed by atoms with van der Waals surface area (Å²) < 4.78 is 0. The van der Waals surface area contributed by atoms with Gasteiger partial charge in [-0.2, -0.15) is 0 Å². The van der Waals surface area contributed by atoms with Crippen LogP contribution >= 0.6 is 12.4 Å². The molecule has 0 radical (unpaired) electrons. The maximum Gasteiger partial charge on any atom is 0.0497 e. The van der Waals surface area contributed by atoms with Gasteiger partial charge >= 0.3 is 0 Å². The minimum absolute atomic E-state index is 0. The highest BCUT2D eigenvalue weighted by Crippen LogP contribution is 2.17. The van der Waals surface area contributed by atoms with E-state index in [4.69, 9.17) is 5.73 Å². The molecule has 3 aromatic carbocycles. The Kier molecular flexibility index (Phi) is 7.86. The van der Waals surface area contributed by atoms with E-state index in [9.17, 15) is 5.11 Å². The lowest BCUT2D eigenvalue weighted by Crippen LogP contribution is -2.20. The molecule has 0 heterocycles. The Morgan fingerprint density at radius 3 is 2.19 bits per heavy atom. The van der Waals surface area contributed by atoms with Crippen molar-refractivity contribution in [3.8, 4) is 0 Å². The van der Waals surface area contributed by atoms with Crippen molar-refractivity contribution >= 4 is 23.2 Å². The van der Waals surface area contributed by atoms with Gasteiger partial charge in [0.1, 0.15) is 0 Å². The van der Waals surface area contributed by atoms with E-state index in [1.165, 1.54) is 21.9 Å². The molecule has 0 aliphatic carbocycles. The van der Waals surface area contributed by atoms with Crippen LogP contribution in [0.4, 0.5) is 0 Å². The molecule has 3 rings (SSSR count). The van der Waals surface area contributed by atoms with E-state index in [0.29, 0.717) is 0 Å². The first-order valence-electron chi connectivity index (χ1n) is 8.81. The zero-order valence-electron chi connectivity index (χ0n) is 14.8. The van der Waals surface area contributed by atoms with Crippen LogP contribution in [0.3, 0.4) is 0 Å². The van der Waals surface area contributed by atoms with Crippen molar-refractivity contribution in [2.45, 2.75) is 18.9 Å². The van der Waals surface area contributed by atoms with E-state index < -0.39 is 0 Å². The number of fused-ring (bicyclic) bond motifs is 1. The third-order valence-electron chi connectivity index (χ3n) is 4.49. The van der Waals surface area contributed by atoms with Crippen molar-refractivity contribution in [1.82, 2.24) is 0 Å². The first-order chi connectivity index (χ1) is 12.2. The highest BCUT2D eigenvalue weighted by Gasteiger charge is 2.07. The molecule has 2 nitrogen and oxygen atoms in total. The highest BCUT2D eigenvalue weighted by molar-refractivity contribution is 5.85. The number of hydrogen-bond donors (Lipinski definition) is 2. The monoisotopic (exact) mass is 367 g/mol. The van der Waals surface area contributed by atoms with Crippen LogP contribution in [0, 0.1) is 5.92 Å². The maximum atomic E-state index is 9.62. The summed E-state index contributed by atoms with van der Waals surface area (Å²) >= 11 is 0. The summed E-state index contributed by atoms with van der Waals surface area (Å²) in [5.74, 6) is 0.102. The summed E-state index contributed by atoms with van der Waals surface area (Å²) in [6, 6.07) is 25.0. The molecule has 3 N–H and O–H groups in total. The van der Waals surface area contributed by atoms with Gasteiger partial charge in [0.15, 0.2) is 0 Å². The van der Waals surface area contributed by atoms with Gasteiger partial charge in [-0.1, -0.05) is 84.9 Å². The summed E-state index contributed by atoms with van der Waals surface area (Å²) in [5, 5.41) is 12.1. The Bertz CT molecular complexity index is 832. The zero-order valence-corrected chi connectivity index (χ0v) is 15.6. The van der Waals surface area contributed by atoms with Crippen LogP contribution in [0.15, 0.2) is 84.9 Å². The van der Waals surface area contributed by atoms with Crippen LogP contribution in [0.5, 0.6) is 0 Å². The van der Waals surface area contributed by atoms with Gasteiger partial charge in [-0.05, 0) is 34.7 Å². The van der Waals surface area contributed by atoms with Gasteiger partial charge in [0.05, 0.1) is 0 Å². The number of rotatable bonds is 7. The largest absolute Gasteiger partial charge is 0.396 e. The first kappa shape index (κ1) is 20.2. The Balaban J connectivity index is 0.00000243. The van der Waals surface area contributed by atoms with E-state index in [0.717, 1.165) is 12.8 Å². The van der Waals surface area contributed by atoms with E-state index in [1.54, 1.807) is 0 Å². The van der Waals surface area contributed by atoms with Gasteiger partial charge < -0.3 is 10.8 Å². The second-order valence-corrected chi connectivity index (χ2v) is 6.57. The van der Waals surface area contributed by atoms with Gasteiger partial charge in [-0.3, -0.25) is 0 Å². The van der Waals surface area contributed by atoms with Gasteiger partial charge in [0, 0.05) is 18.6 Å². The first-order valence-corrected chi connectivity index (χ1v) is 8.81. The summed E-state index contributed by atoms with van der Waals surface area (Å²) in [7, 11) is 0. The average molecular weight is 368 g/mol. The molecule has 136 valence electrons. The summed E-state index contributed by atoms with van der Waals surface area (Å²) in [6.45, 7) is 0.133. The van der Waals surface area contributed by atoms with Crippen LogP contribution in [0.25, 0.3) is 10.8 Å². The fourth-order valence-corrected chi connectivity index (χ4v) is 3.12. The fourth-order valence-electron chi connectivity index (χ4n) is 3.12. The van der Waals surface area contributed by atoms with Crippen molar-refractivity contribution < 1.29 is 5.11 Å². The number of aliphatic hydroxyl groups is 1. The van der Waals surface area contributed by atoms with E-state index in [2.05, 4.69) is 60.7 Å². The quantitative estimate of drug-likeness (QED) is 0.602. The molecule has 0 aliphatic rings. The Morgan fingerprint density at radius 2 is 1.46 bits per heavy atom. The molecule has 0 amide bonds. The van der Waals surface area contributed by atoms with Gasteiger partial charge in [0.25, 0.3) is 0 Å². The van der Waals surface area contributed by atoms with Gasteiger partial charge in [-0.15, -0.1) is 12.4 Å². The standard InChI is InChI=1S/C23H25NO.ClH/c24-23(13-11-20(17-25)14-18-6-2-1-3-7-18)16-19-10-12-21-8-4-5-9-22(21)15-19;/h1-13,15,20,23,25H,14,16-17,24H2;1H/b13-11+;/t20?,23-;/m0./s1. The second kappa shape index (κ2) is 10.1. The normalized spacial score (nSPS) is 13.5. The zero-order chi connectivity index (χ0) is 17.5. The topological polar surface area (TPSA) is 46.2 Å². The molecular weight excluding hydrogens is 342 g/mol. The number of aliphatic hydroxyl groups excluding tert-OH is 1. The van der Waals surface area contributed by atoms with Crippen LogP contribution in [0.1, 0.15) is 11.1 Å². The molecular formula is C23H26ClNO. The van der Waals surface area contributed by atoms with E-state index in [1.807, 2.05) is 24.3 Å². The predicted octanol–water partition coefficient (Wildman–Crippen LogP) is 4.54. The summed E-state index contributed by atoms with van der Waals surface area (Å²) in [6.07, 6.45) is 5.71. The molecule has 0 spiro atoms. The Hall–Kier alpha value is -2.13. The molecule has 0 fully saturated rings. The number of hydrogen-bond acceptors (Lipinski definition) is 2. The lowest BCUT2D eigenvalue weighted by Gasteiger charge is -2.12. The minimum atomic E-state index is -0.0500. The lowest BCUT2D eigenvalue weighted by molar-refractivity contribution is 0.252. The van der Waals surface area contributed by atoms with E-state index >= 15 is 0 Å². The smallest absolute Gasteiger partial charge is 0.0497 e. The SMILES string of the molecule is Cl.N[C@@H](/C=C/C(CO)Cc1ccccc1)Cc1ccc2ccccc2c1. The predicted molar refractivity (Wildman–Crippen MR) is 113 cm³/mol. The molecule has 3 heteroatoms. The fraction of sp³-hybridized carbons (Fsp3) is 0.217. The summed E-state index contributed by atoms with van der Waals surface area (Å²) in [4.78, 5) is 0. The lowest BCUT2D eigenvalue weighted by atomic mass is 9.97. The van der Waals surface area contributed by atoms with Gasteiger partial charge in [-0.25, -0.2) is 0 Å². The minimum Gasteiger partial charge on any atom is -0.396 e. The summed E-state index contributed by atoms with van der Waals surface area (Å²) in [5.41, 5.74) is 8.74. The Morgan fingerprint density at radius 1 is 0.769 bits per heavy atom. The highest BCUT2D eigenvalue weighted by atomic mass is 35.5. The van der Waals surface area contributed by atoms with Crippen LogP contribution < -0.4 is 5.73 Å². The number of nitrogens with two attached hydrogens (primary N) is 1. The molecule has 1 unspecified atom stereocenters. The van der Waals surface area contributed by atoms with Crippen molar-refractivity contribution in [3.63, 3.8) is 0 Å². The Labute approximate surface area is 161 Å². The van der Waals surface area contributed by atoms with Crippen molar-refractivity contribution in [2.75, 3.05) is 6.61 Å². The molecule has 0 saturated heterocycles. The molecule has 0 saturated carbocycles. The molecule has 0 bridgehead atoms.